The van der Waals surface area contributed by atoms with Crippen molar-refractivity contribution >= 4 is 23.5 Å². The van der Waals surface area contributed by atoms with Gasteiger partial charge in [0.05, 0.1) is 11.8 Å². The summed E-state index contributed by atoms with van der Waals surface area (Å²) in [6.45, 7) is 4.00. The first-order valence-electron chi connectivity index (χ1n) is 8.31. The largest absolute Gasteiger partial charge is 0.298 e. The van der Waals surface area contributed by atoms with Gasteiger partial charge in [0.2, 0.25) is 5.95 Å². The summed E-state index contributed by atoms with van der Waals surface area (Å²) in [4.78, 5) is 15.2. The van der Waals surface area contributed by atoms with Crippen LogP contribution in [-0.4, -0.2) is 25.9 Å². The van der Waals surface area contributed by atoms with Crippen LogP contribution in [0.25, 0.3) is 28.0 Å². The van der Waals surface area contributed by atoms with Crippen LogP contribution in [0.2, 0.25) is 5.15 Å². The van der Waals surface area contributed by atoms with Crippen molar-refractivity contribution < 1.29 is 18.0 Å². The zero-order valence-electron chi connectivity index (χ0n) is 14.8. The third kappa shape index (κ3) is 3.27. The number of aldehydes is 1. The van der Waals surface area contributed by atoms with E-state index in [1.54, 1.807) is 0 Å². The van der Waals surface area contributed by atoms with E-state index in [1.807, 2.05) is 13.8 Å². The van der Waals surface area contributed by atoms with Gasteiger partial charge in [-0.2, -0.15) is 9.49 Å². The van der Waals surface area contributed by atoms with Crippen LogP contribution in [0.5, 0.6) is 0 Å². The molecule has 0 saturated carbocycles. The Morgan fingerprint density at radius 3 is 2.54 bits per heavy atom. The van der Waals surface area contributed by atoms with Gasteiger partial charge in [0.25, 0.3) is 0 Å². The van der Waals surface area contributed by atoms with Crippen LogP contribution in [-0.2, 0) is 0 Å². The van der Waals surface area contributed by atoms with E-state index in [0.717, 1.165) is 12.3 Å². The number of aromatic amines is 1. The average Bonchev–Trinajstić information content (AvgIpc) is 3.25. The van der Waals surface area contributed by atoms with Crippen molar-refractivity contribution in [3.8, 4) is 22.4 Å². The molecule has 1 aromatic carbocycles. The van der Waals surface area contributed by atoms with E-state index >= 15 is 0 Å². The maximum atomic E-state index is 14.6. The number of fused-ring (bicyclic) bond motifs is 1. The van der Waals surface area contributed by atoms with E-state index in [9.17, 15) is 18.0 Å². The molecule has 28 heavy (non-hydrogen) atoms. The number of carbonyl (C=O) groups excluding carboxylic acids is 1. The standard InChI is InChI=1S/C17H8ClF3N4O.C2H6/c18-16-15(23-13-3-8(7-26)1-2-25(13)16)14-10(4-9(19)5-12(14)20)11-6-22-24-17(11)21;1-2/h1-7H,(H,22,24);1-2H3. The first-order valence-corrected chi connectivity index (χ1v) is 8.69. The van der Waals surface area contributed by atoms with E-state index in [2.05, 4.69) is 15.2 Å². The highest BCUT2D eigenvalue weighted by Gasteiger charge is 2.23. The summed E-state index contributed by atoms with van der Waals surface area (Å²) in [5, 5.41) is 5.65. The zero-order valence-corrected chi connectivity index (χ0v) is 15.6. The third-order valence-corrected chi connectivity index (χ3v) is 4.26. The van der Waals surface area contributed by atoms with Crippen molar-refractivity contribution in [3.05, 3.63) is 65.0 Å². The number of halogens is 4. The number of carbonyl (C=O) groups is 1. The molecule has 0 atom stereocenters. The topological polar surface area (TPSA) is 63.1 Å². The number of benzene rings is 1. The molecule has 0 saturated heterocycles. The van der Waals surface area contributed by atoms with Gasteiger partial charge in [-0.1, -0.05) is 25.4 Å². The molecule has 0 unspecified atom stereocenters. The molecule has 4 aromatic rings. The van der Waals surface area contributed by atoms with Gasteiger partial charge in [-0.15, -0.1) is 0 Å². The van der Waals surface area contributed by atoms with E-state index in [-0.39, 0.29) is 33.2 Å². The van der Waals surface area contributed by atoms with Gasteiger partial charge in [-0.05, 0) is 18.2 Å². The summed E-state index contributed by atoms with van der Waals surface area (Å²) in [5.41, 5.74) is 0.244. The number of rotatable bonds is 3. The Morgan fingerprint density at radius 1 is 1.14 bits per heavy atom. The van der Waals surface area contributed by atoms with Gasteiger partial charge in [0.1, 0.15) is 34.4 Å². The minimum absolute atomic E-state index is 0.0113. The Hall–Kier alpha value is -3.13. The normalized spacial score (nSPS) is 10.6. The van der Waals surface area contributed by atoms with E-state index in [4.69, 9.17) is 11.6 Å². The Balaban J connectivity index is 0.00000109. The molecule has 0 radical (unpaired) electrons. The fourth-order valence-corrected chi connectivity index (χ4v) is 3.03. The molecule has 0 aliphatic rings. The molecule has 0 fully saturated rings. The fourth-order valence-electron chi connectivity index (χ4n) is 2.75. The van der Waals surface area contributed by atoms with Crippen LogP contribution in [0.4, 0.5) is 13.2 Å². The fraction of sp³-hybridized carbons (Fsp3) is 0.105. The summed E-state index contributed by atoms with van der Waals surface area (Å²) < 4.78 is 43.7. The lowest BCUT2D eigenvalue weighted by atomic mass is 9.99. The van der Waals surface area contributed by atoms with Gasteiger partial charge in [0.15, 0.2) is 0 Å². The molecule has 0 amide bonds. The maximum absolute atomic E-state index is 14.6. The number of imidazole rings is 1. The second kappa shape index (κ2) is 7.85. The van der Waals surface area contributed by atoms with Crippen LogP contribution in [0, 0.1) is 17.6 Å². The predicted molar refractivity (Wildman–Crippen MR) is 99.8 cm³/mol. The number of H-pyrrole nitrogens is 1. The molecule has 0 bridgehead atoms. The average molecular weight is 407 g/mol. The molecule has 3 heterocycles. The highest BCUT2D eigenvalue weighted by Crippen LogP contribution is 2.39. The quantitative estimate of drug-likeness (QED) is 0.469. The van der Waals surface area contributed by atoms with Crippen LogP contribution < -0.4 is 0 Å². The van der Waals surface area contributed by atoms with Crippen molar-refractivity contribution in [3.63, 3.8) is 0 Å². The summed E-state index contributed by atoms with van der Waals surface area (Å²) in [5.74, 6) is -2.69. The van der Waals surface area contributed by atoms with Crippen molar-refractivity contribution in [1.29, 1.82) is 0 Å². The van der Waals surface area contributed by atoms with Crippen molar-refractivity contribution in [1.82, 2.24) is 19.6 Å². The van der Waals surface area contributed by atoms with Crippen molar-refractivity contribution in [2.75, 3.05) is 0 Å². The lowest BCUT2D eigenvalue weighted by molar-refractivity contribution is 0.112. The van der Waals surface area contributed by atoms with E-state index < -0.39 is 17.6 Å². The second-order valence-electron chi connectivity index (χ2n) is 5.47. The molecule has 0 spiro atoms. The van der Waals surface area contributed by atoms with Gasteiger partial charge in [-0.3, -0.25) is 14.3 Å². The highest BCUT2D eigenvalue weighted by atomic mass is 35.5. The minimum Gasteiger partial charge on any atom is -0.298 e. The molecule has 9 heteroatoms. The molecule has 144 valence electrons. The Bertz CT molecular complexity index is 1170. The molecule has 1 N–H and O–H groups in total. The number of pyridine rings is 1. The molecular formula is C19H14ClF3N4O. The minimum atomic E-state index is -0.957. The monoisotopic (exact) mass is 406 g/mol. The molecule has 0 aliphatic carbocycles. The second-order valence-corrected chi connectivity index (χ2v) is 5.82. The smallest absolute Gasteiger partial charge is 0.216 e. The van der Waals surface area contributed by atoms with Gasteiger partial charge in [0, 0.05) is 29.0 Å². The van der Waals surface area contributed by atoms with Gasteiger partial charge < -0.3 is 0 Å². The molecule has 3 aromatic heterocycles. The summed E-state index contributed by atoms with van der Waals surface area (Å²) >= 11 is 6.31. The highest BCUT2D eigenvalue weighted by molar-refractivity contribution is 6.32. The Morgan fingerprint density at radius 2 is 1.89 bits per heavy atom. The molecule has 5 nitrogen and oxygen atoms in total. The van der Waals surface area contributed by atoms with E-state index in [0.29, 0.717) is 17.9 Å². The van der Waals surface area contributed by atoms with Crippen molar-refractivity contribution in [2.24, 2.45) is 0 Å². The summed E-state index contributed by atoms with van der Waals surface area (Å²) in [6.07, 6.45) is 3.24. The number of nitrogens with one attached hydrogen (secondary N) is 1. The molecule has 0 aliphatic heterocycles. The Kier molecular flexibility index (Phi) is 5.51. The van der Waals surface area contributed by atoms with Gasteiger partial charge in [-0.25, -0.2) is 13.8 Å². The summed E-state index contributed by atoms with van der Waals surface area (Å²) in [6, 6.07) is 4.61. The number of aromatic nitrogens is 4. The van der Waals surface area contributed by atoms with Gasteiger partial charge >= 0.3 is 0 Å². The first kappa shape index (κ1) is 19.6. The van der Waals surface area contributed by atoms with Crippen LogP contribution in [0.15, 0.2) is 36.7 Å². The maximum Gasteiger partial charge on any atom is 0.216 e. The number of hydrogen-bond donors (Lipinski definition) is 1. The summed E-state index contributed by atoms with van der Waals surface area (Å²) in [7, 11) is 0. The van der Waals surface area contributed by atoms with Crippen molar-refractivity contribution in [2.45, 2.75) is 13.8 Å². The third-order valence-electron chi connectivity index (χ3n) is 3.90. The number of nitrogens with zero attached hydrogens (tertiary/aromatic N) is 3. The number of hydrogen-bond acceptors (Lipinski definition) is 3. The SMILES string of the molecule is CC.O=Cc1ccn2c(Cl)c(-c3c(F)cc(F)cc3-c3cn[nH]c3F)nc2c1. The molecular weight excluding hydrogens is 393 g/mol. The molecule has 4 rings (SSSR count). The predicted octanol–water partition coefficient (Wildman–Crippen LogP) is 5.30. The first-order chi connectivity index (χ1) is 13.5. The zero-order chi connectivity index (χ0) is 20.4. The van der Waals surface area contributed by atoms with Crippen LogP contribution in [0.3, 0.4) is 0 Å². The van der Waals surface area contributed by atoms with E-state index in [1.165, 1.54) is 22.7 Å². The van der Waals surface area contributed by atoms with Crippen LogP contribution in [0.1, 0.15) is 24.2 Å². The Labute approximate surface area is 162 Å². The lowest BCUT2D eigenvalue weighted by Gasteiger charge is -2.08. The lowest BCUT2D eigenvalue weighted by Crippen LogP contribution is -1.94. The van der Waals surface area contributed by atoms with Crippen LogP contribution >= 0.6 is 11.6 Å².